The SMILES string of the molecule is CC(OC(C)(C)C)[C@H](NC(=O)OCC1c2ccccc2-c2ccccc21)C(=O)n1nnc2ccccc21. The molecule has 1 aliphatic rings. The van der Waals surface area contributed by atoms with Crippen molar-refractivity contribution in [2.75, 3.05) is 6.61 Å². The molecule has 5 rings (SSSR count). The van der Waals surface area contributed by atoms with Crippen LogP contribution < -0.4 is 5.32 Å². The Balaban J connectivity index is 1.35. The number of benzene rings is 3. The Bertz CT molecular complexity index is 1410. The molecule has 1 unspecified atom stereocenters. The third kappa shape index (κ3) is 4.97. The van der Waals surface area contributed by atoms with Crippen LogP contribution in [0.2, 0.25) is 0 Å². The molecule has 190 valence electrons. The Morgan fingerprint density at radius 2 is 1.54 bits per heavy atom. The predicted molar refractivity (Wildman–Crippen MR) is 140 cm³/mol. The summed E-state index contributed by atoms with van der Waals surface area (Å²) in [4.78, 5) is 26.6. The maximum absolute atomic E-state index is 13.6. The molecule has 3 aromatic carbocycles. The van der Waals surface area contributed by atoms with Gasteiger partial charge in [-0.3, -0.25) is 4.79 Å². The Morgan fingerprint density at radius 3 is 2.19 bits per heavy atom. The smallest absolute Gasteiger partial charge is 0.407 e. The molecule has 0 saturated heterocycles. The zero-order chi connectivity index (χ0) is 26.2. The second kappa shape index (κ2) is 9.78. The van der Waals surface area contributed by atoms with Gasteiger partial charge in [-0.1, -0.05) is 65.9 Å². The number of amides is 1. The second-order valence-corrected chi connectivity index (χ2v) is 10.2. The summed E-state index contributed by atoms with van der Waals surface area (Å²) < 4.78 is 13.0. The fraction of sp³-hybridized carbons (Fsp3) is 0.310. The van der Waals surface area contributed by atoms with E-state index >= 15 is 0 Å². The zero-order valence-electron chi connectivity index (χ0n) is 21.3. The highest BCUT2D eigenvalue weighted by atomic mass is 16.6. The van der Waals surface area contributed by atoms with Crippen molar-refractivity contribution in [2.24, 2.45) is 0 Å². The van der Waals surface area contributed by atoms with E-state index in [2.05, 4.69) is 39.9 Å². The molecule has 8 nitrogen and oxygen atoms in total. The fourth-order valence-electron chi connectivity index (χ4n) is 4.94. The lowest BCUT2D eigenvalue weighted by Gasteiger charge is -2.30. The topological polar surface area (TPSA) is 95.3 Å². The van der Waals surface area contributed by atoms with E-state index in [1.54, 1.807) is 25.1 Å². The summed E-state index contributed by atoms with van der Waals surface area (Å²) in [5.41, 5.74) is 5.11. The largest absolute Gasteiger partial charge is 0.449 e. The van der Waals surface area contributed by atoms with Gasteiger partial charge in [0.05, 0.1) is 17.2 Å². The Hall–Kier alpha value is -4.04. The van der Waals surface area contributed by atoms with Crippen LogP contribution in [0.5, 0.6) is 0 Å². The third-order valence-corrected chi connectivity index (χ3v) is 6.45. The quantitative estimate of drug-likeness (QED) is 0.393. The summed E-state index contributed by atoms with van der Waals surface area (Å²) in [6.07, 6.45) is -1.36. The lowest BCUT2D eigenvalue weighted by Crippen LogP contribution is -2.52. The number of fused-ring (bicyclic) bond motifs is 4. The highest BCUT2D eigenvalue weighted by molar-refractivity contribution is 5.94. The van der Waals surface area contributed by atoms with Crippen molar-refractivity contribution in [1.29, 1.82) is 0 Å². The second-order valence-electron chi connectivity index (χ2n) is 10.2. The molecular weight excluding hydrogens is 468 g/mol. The van der Waals surface area contributed by atoms with Crippen LogP contribution in [0.25, 0.3) is 22.2 Å². The van der Waals surface area contributed by atoms with Gasteiger partial charge in [0, 0.05) is 5.92 Å². The van der Waals surface area contributed by atoms with Crippen LogP contribution in [0.15, 0.2) is 72.8 Å². The lowest BCUT2D eigenvalue weighted by atomic mass is 9.98. The third-order valence-electron chi connectivity index (χ3n) is 6.45. The maximum atomic E-state index is 13.6. The number of carbonyl (C=O) groups is 2. The number of carbonyl (C=O) groups excluding carboxylic acids is 2. The van der Waals surface area contributed by atoms with Crippen molar-refractivity contribution < 1.29 is 19.1 Å². The van der Waals surface area contributed by atoms with Crippen LogP contribution in [0, 0.1) is 0 Å². The van der Waals surface area contributed by atoms with Crippen LogP contribution in [0.3, 0.4) is 0 Å². The predicted octanol–water partition coefficient (Wildman–Crippen LogP) is 5.18. The average molecular weight is 499 g/mol. The first-order chi connectivity index (χ1) is 17.7. The van der Waals surface area contributed by atoms with Gasteiger partial charge in [-0.25, -0.2) is 4.79 Å². The fourth-order valence-corrected chi connectivity index (χ4v) is 4.94. The minimum absolute atomic E-state index is 0.0881. The lowest BCUT2D eigenvalue weighted by molar-refractivity contribution is -0.0620. The minimum atomic E-state index is -1.04. The van der Waals surface area contributed by atoms with Gasteiger partial charge >= 0.3 is 6.09 Å². The first kappa shape index (κ1) is 24.6. The molecule has 0 fully saturated rings. The first-order valence-corrected chi connectivity index (χ1v) is 12.4. The molecular formula is C29H30N4O4. The van der Waals surface area contributed by atoms with Crippen molar-refractivity contribution in [3.05, 3.63) is 83.9 Å². The van der Waals surface area contributed by atoms with E-state index in [-0.39, 0.29) is 12.5 Å². The van der Waals surface area contributed by atoms with Crippen molar-refractivity contribution >= 4 is 23.0 Å². The summed E-state index contributed by atoms with van der Waals surface area (Å²) >= 11 is 0. The molecule has 2 atom stereocenters. The molecule has 0 aliphatic heterocycles. The molecule has 1 N–H and O–H groups in total. The Labute approximate surface area is 215 Å². The van der Waals surface area contributed by atoms with Crippen molar-refractivity contribution in [3.63, 3.8) is 0 Å². The molecule has 8 heteroatoms. The molecule has 0 radical (unpaired) electrons. The molecule has 1 amide bonds. The van der Waals surface area contributed by atoms with Crippen LogP contribution in [0.4, 0.5) is 4.79 Å². The molecule has 1 aromatic heterocycles. The van der Waals surface area contributed by atoms with Gasteiger partial charge in [0.2, 0.25) is 0 Å². The molecule has 4 aromatic rings. The van der Waals surface area contributed by atoms with Gasteiger partial charge < -0.3 is 14.8 Å². The molecule has 0 spiro atoms. The Kier molecular flexibility index (Phi) is 6.52. The minimum Gasteiger partial charge on any atom is -0.449 e. The number of hydrogen-bond donors (Lipinski definition) is 1. The standard InChI is InChI=1S/C29H30N4O4/c1-18(37-29(2,3)4)26(27(34)33-25-16-10-9-15-24(25)31-32-33)30-28(35)36-17-23-21-13-7-5-11-19(21)20-12-6-8-14-22(20)23/h5-16,18,23,26H,17H2,1-4H3,(H,30,35)/t18?,26-/m0/s1. The normalized spacial score (nSPS) is 14.6. The average Bonchev–Trinajstić information content (AvgIpc) is 3.44. The van der Waals surface area contributed by atoms with E-state index in [1.807, 2.05) is 51.1 Å². The molecule has 37 heavy (non-hydrogen) atoms. The zero-order valence-corrected chi connectivity index (χ0v) is 21.3. The van der Waals surface area contributed by atoms with E-state index in [9.17, 15) is 9.59 Å². The van der Waals surface area contributed by atoms with E-state index in [4.69, 9.17) is 9.47 Å². The highest BCUT2D eigenvalue weighted by Gasteiger charge is 2.34. The summed E-state index contributed by atoms with van der Waals surface area (Å²) in [5, 5.41) is 10.8. The van der Waals surface area contributed by atoms with Gasteiger partial charge in [0.25, 0.3) is 5.91 Å². The van der Waals surface area contributed by atoms with E-state index in [0.29, 0.717) is 11.0 Å². The number of hydrogen-bond acceptors (Lipinski definition) is 6. The van der Waals surface area contributed by atoms with Crippen molar-refractivity contribution in [3.8, 4) is 11.1 Å². The first-order valence-electron chi connectivity index (χ1n) is 12.4. The van der Waals surface area contributed by atoms with Crippen LogP contribution in [-0.4, -0.2) is 51.3 Å². The van der Waals surface area contributed by atoms with Crippen molar-refractivity contribution in [2.45, 2.75) is 51.4 Å². The number of rotatable bonds is 6. The summed E-state index contributed by atoms with van der Waals surface area (Å²) in [5.74, 6) is -0.547. The monoisotopic (exact) mass is 498 g/mol. The van der Waals surface area contributed by atoms with Crippen LogP contribution >= 0.6 is 0 Å². The number of ether oxygens (including phenoxy) is 2. The molecule has 0 saturated carbocycles. The maximum Gasteiger partial charge on any atom is 0.407 e. The highest BCUT2D eigenvalue weighted by Crippen LogP contribution is 2.44. The van der Waals surface area contributed by atoms with E-state index in [1.165, 1.54) is 4.68 Å². The summed E-state index contributed by atoms with van der Waals surface area (Å²) in [6, 6.07) is 22.4. The number of nitrogens with zero attached hydrogens (tertiary/aromatic N) is 3. The van der Waals surface area contributed by atoms with Gasteiger partial charge in [-0.15, -0.1) is 5.10 Å². The van der Waals surface area contributed by atoms with Gasteiger partial charge in [0.15, 0.2) is 0 Å². The van der Waals surface area contributed by atoms with Gasteiger partial charge in [-0.05, 0) is 62.1 Å². The van der Waals surface area contributed by atoms with E-state index in [0.717, 1.165) is 22.3 Å². The van der Waals surface area contributed by atoms with Crippen molar-refractivity contribution in [1.82, 2.24) is 20.3 Å². The number of nitrogens with one attached hydrogen (secondary N) is 1. The van der Waals surface area contributed by atoms with Gasteiger partial charge in [-0.2, -0.15) is 4.68 Å². The molecule has 1 heterocycles. The summed E-state index contributed by atoms with van der Waals surface area (Å²) in [7, 11) is 0. The summed E-state index contributed by atoms with van der Waals surface area (Å²) in [6.45, 7) is 7.56. The molecule has 1 aliphatic carbocycles. The van der Waals surface area contributed by atoms with Crippen LogP contribution in [-0.2, 0) is 9.47 Å². The molecule has 0 bridgehead atoms. The Morgan fingerprint density at radius 1 is 0.946 bits per heavy atom. The van der Waals surface area contributed by atoms with Crippen LogP contribution in [0.1, 0.15) is 49.5 Å². The number of para-hydroxylation sites is 1. The number of alkyl carbamates (subject to hydrolysis) is 1. The van der Waals surface area contributed by atoms with E-state index < -0.39 is 29.7 Å². The number of aromatic nitrogens is 3. The van der Waals surface area contributed by atoms with Gasteiger partial charge in [0.1, 0.15) is 18.2 Å².